The Balaban J connectivity index is 1.52. The molecule has 0 bridgehead atoms. The van der Waals surface area contributed by atoms with E-state index in [9.17, 15) is 9.18 Å². The largest absolute Gasteiger partial charge is 0.365 e. The van der Waals surface area contributed by atoms with Crippen LogP contribution in [0.5, 0.6) is 0 Å². The topological polar surface area (TPSA) is 87.5 Å². The van der Waals surface area contributed by atoms with Crippen molar-refractivity contribution in [3.8, 4) is 11.5 Å². The molecule has 1 atom stereocenters. The SMILES string of the molecule is CNCC(=O)N1CCC[C@@H](Nc2ccnc(-c3cnc4ccc(F)cn34)n2)C1. The van der Waals surface area contributed by atoms with Crippen molar-refractivity contribution in [1.29, 1.82) is 0 Å². The highest BCUT2D eigenvalue weighted by atomic mass is 19.1. The smallest absolute Gasteiger partial charge is 0.236 e. The Morgan fingerprint density at radius 3 is 3.07 bits per heavy atom. The summed E-state index contributed by atoms with van der Waals surface area (Å²) >= 11 is 0. The third-order valence-corrected chi connectivity index (χ3v) is 4.81. The van der Waals surface area contributed by atoms with E-state index < -0.39 is 0 Å². The predicted octanol–water partition coefficient (Wildman–Crippen LogP) is 1.55. The van der Waals surface area contributed by atoms with Gasteiger partial charge < -0.3 is 15.5 Å². The molecule has 1 saturated heterocycles. The van der Waals surface area contributed by atoms with E-state index in [1.165, 1.54) is 12.3 Å². The van der Waals surface area contributed by atoms with E-state index >= 15 is 0 Å². The van der Waals surface area contributed by atoms with Crippen LogP contribution in [0.25, 0.3) is 17.2 Å². The van der Waals surface area contributed by atoms with Crippen LogP contribution in [0.3, 0.4) is 0 Å². The summed E-state index contributed by atoms with van der Waals surface area (Å²) in [4.78, 5) is 27.2. The molecule has 0 unspecified atom stereocenters. The van der Waals surface area contributed by atoms with Gasteiger partial charge in [-0.15, -0.1) is 0 Å². The van der Waals surface area contributed by atoms with Crippen LogP contribution in [0.1, 0.15) is 12.8 Å². The number of aromatic nitrogens is 4. The molecule has 0 aromatic carbocycles. The number of nitrogens with one attached hydrogen (secondary N) is 2. The van der Waals surface area contributed by atoms with Gasteiger partial charge in [0.15, 0.2) is 5.82 Å². The van der Waals surface area contributed by atoms with Crippen molar-refractivity contribution in [3.05, 3.63) is 42.6 Å². The van der Waals surface area contributed by atoms with E-state index in [0.717, 1.165) is 19.4 Å². The van der Waals surface area contributed by atoms with Crippen molar-refractivity contribution < 1.29 is 9.18 Å². The van der Waals surface area contributed by atoms with E-state index in [4.69, 9.17) is 0 Å². The average Bonchev–Trinajstić information content (AvgIpc) is 3.11. The van der Waals surface area contributed by atoms with Crippen molar-refractivity contribution in [3.63, 3.8) is 0 Å². The number of rotatable bonds is 5. The minimum Gasteiger partial charge on any atom is -0.365 e. The molecule has 0 radical (unpaired) electrons. The molecule has 4 rings (SSSR count). The molecular formula is C19H22FN7O. The Morgan fingerprint density at radius 1 is 1.32 bits per heavy atom. The van der Waals surface area contributed by atoms with E-state index in [0.29, 0.717) is 36.1 Å². The van der Waals surface area contributed by atoms with Crippen LogP contribution in [-0.2, 0) is 4.79 Å². The fourth-order valence-corrected chi connectivity index (χ4v) is 3.48. The number of carbonyl (C=O) groups excluding carboxylic acids is 1. The summed E-state index contributed by atoms with van der Waals surface area (Å²) in [6.45, 7) is 1.76. The van der Waals surface area contributed by atoms with E-state index in [-0.39, 0.29) is 17.8 Å². The van der Waals surface area contributed by atoms with Gasteiger partial charge in [-0.3, -0.25) is 9.20 Å². The molecule has 8 nitrogen and oxygen atoms in total. The van der Waals surface area contributed by atoms with Crippen LogP contribution >= 0.6 is 0 Å². The Kier molecular flexibility index (Phi) is 5.16. The van der Waals surface area contributed by atoms with Crippen molar-refractivity contribution in [2.45, 2.75) is 18.9 Å². The lowest BCUT2D eigenvalue weighted by Gasteiger charge is -2.33. The first-order valence-corrected chi connectivity index (χ1v) is 9.29. The molecule has 0 aliphatic carbocycles. The second-order valence-corrected chi connectivity index (χ2v) is 6.84. The number of fused-ring (bicyclic) bond motifs is 1. The Labute approximate surface area is 161 Å². The van der Waals surface area contributed by atoms with Gasteiger partial charge in [-0.1, -0.05) is 0 Å². The molecule has 28 heavy (non-hydrogen) atoms. The zero-order valence-electron chi connectivity index (χ0n) is 15.6. The highest BCUT2D eigenvalue weighted by Crippen LogP contribution is 2.20. The number of anilines is 1. The molecule has 1 aliphatic rings. The maximum absolute atomic E-state index is 13.6. The zero-order chi connectivity index (χ0) is 19.5. The lowest BCUT2D eigenvalue weighted by atomic mass is 10.1. The van der Waals surface area contributed by atoms with Crippen LogP contribution < -0.4 is 10.6 Å². The van der Waals surface area contributed by atoms with Crippen LogP contribution in [-0.4, -0.2) is 62.9 Å². The highest BCUT2D eigenvalue weighted by molar-refractivity contribution is 5.78. The fourth-order valence-electron chi connectivity index (χ4n) is 3.48. The first kappa shape index (κ1) is 18.3. The van der Waals surface area contributed by atoms with Gasteiger partial charge in [0.25, 0.3) is 0 Å². The average molecular weight is 383 g/mol. The number of piperidine rings is 1. The van der Waals surface area contributed by atoms with Crippen LogP contribution in [0.2, 0.25) is 0 Å². The summed E-state index contributed by atoms with van der Waals surface area (Å²) in [5.74, 6) is 0.881. The van der Waals surface area contributed by atoms with Gasteiger partial charge in [0.1, 0.15) is 23.0 Å². The number of hydrogen-bond donors (Lipinski definition) is 2. The minimum absolute atomic E-state index is 0.102. The predicted molar refractivity (Wildman–Crippen MR) is 103 cm³/mol. The molecule has 0 saturated carbocycles. The number of carbonyl (C=O) groups is 1. The molecule has 146 valence electrons. The molecular weight excluding hydrogens is 361 g/mol. The third kappa shape index (κ3) is 3.79. The second kappa shape index (κ2) is 7.89. The number of likely N-dealkylation sites (tertiary alicyclic amines) is 1. The lowest BCUT2D eigenvalue weighted by molar-refractivity contribution is -0.131. The summed E-state index contributed by atoms with van der Waals surface area (Å²) in [5, 5.41) is 6.30. The van der Waals surface area contributed by atoms with Crippen molar-refractivity contribution in [2.24, 2.45) is 0 Å². The van der Waals surface area contributed by atoms with E-state index in [2.05, 4.69) is 25.6 Å². The Bertz CT molecular complexity index is 989. The van der Waals surface area contributed by atoms with Gasteiger partial charge in [0.2, 0.25) is 5.91 Å². The van der Waals surface area contributed by atoms with Gasteiger partial charge in [-0.2, -0.15) is 0 Å². The molecule has 1 aliphatic heterocycles. The van der Waals surface area contributed by atoms with Gasteiger partial charge in [0.05, 0.1) is 12.7 Å². The normalized spacial score (nSPS) is 17.1. The van der Waals surface area contributed by atoms with E-state index in [1.54, 1.807) is 36.0 Å². The fraction of sp³-hybridized carbons (Fsp3) is 0.368. The maximum atomic E-state index is 13.6. The Hall–Kier alpha value is -3.07. The summed E-state index contributed by atoms with van der Waals surface area (Å²) < 4.78 is 15.2. The summed E-state index contributed by atoms with van der Waals surface area (Å²) in [5.41, 5.74) is 1.25. The number of likely N-dealkylation sites (N-methyl/N-ethyl adjacent to an activating group) is 1. The summed E-state index contributed by atoms with van der Waals surface area (Å²) in [6, 6.07) is 4.90. The van der Waals surface area contributed by atoms with Crippen LogP contribution in [0, 0.1) is 5.82 Å². The number of hydrogen-bond acceptors (Lipinski definition) is 6. The molecule has 1 amide bonds. The summed E-state index contributed by atoms with van der Waals surface area (Å²) in [7, 11) is 1.77. The zero-order valence-corrected chi connectivity index (χ0v) is 15.6. The molecule has 3 aromatic heterocycles. The van der Waals surface area contributed by atoms with Crippen molar-refractivity contribution >= 4 is 17.4 Å². The van der Waals surface area contributed by atoms with Crippen LogP contribution in [0.4, 0.5) is 10.2 Å². The van der Waals surface area contributed by atoms with Gasteiger partial charge >= 0.3 is 0 Å². The number of imidazole rings is 1. The second-order valence-electron chi connectivity index (χ2n) is 6.84. The quantitative estimate of drug-likeness (QED) is 0.695. The molecule has 3 aromatic rings. The number of halogens is 1. The van der Waals surface area contributed by atoms with Crippen LogP contribution in [0.15, 0.2) is 36.8 Å². The third-order valence-electron chi connectivity index (χ3n) is 4.81. The maximum Gasteiger partial charge on any atom is 0.236 e. The highest BCUT2D eigenvalue weighted by Gasteiger charge is 2.23. The molecule has 1 fully saturated rings. The number of pyridine rings is 1. The monoisotopic (exact) mass is 383 g/mol. The first-order valence-electron chi connectivity index (χ1n) is 9.29. The molecule has 0 spiro atoms. The molecule has 9 heteroatoms. The van der Waals surface area contributed by atoms with Gasteiger partial charge in [0, 0.05) is 31.5 Å². The molecule has 4 heterocycles. The van der Waals surface area contributed by atoms with E-state index in [1.807, 2.05) is 4.90 Å². The minimum atomic E-state index is -0.352. The molecule has 2 N–H and O–H groups in total. The number of amides is 1. The van der Waals surface area contributed by atoms with Gasteiger partial charge in [-0.25, -0.2) is 19.3 Å². The van der Waals surface area contributed by atoms with Gasteiger partial charge in [-0.05, 0) is 38.1 Å². The van der Waals surface area contributed by atoms with Crippen molar-refractivity contribution in [1.82, 2.24) is 29.6 Å². The number of nitrogens with zero attached hydrogens (tertiary/aromatic N) is 5. The standard InChI is InChI=1S/C19H22FN7O/c1-21-10-18(28)26-8-2-3-14(12-26)24-16-6-7-22-19(25-16)15-9-23-17-5-4-13(20)11-27(15)17/h4-7,9,11,14,21H,2-3,8,10,12H2,1H3,(H,22,24,25)/t14-/m1/s1. The Morgan fingerprint density at radius 2 is 2.21 bits per heavy atom. The summed E-state index contributed by atoms with van der Waals surface area (Å²) in [6.07, 6.45) is 6.57. The first-order chi connectivity index (χ1) is 13.6. The van der Waals surface area contributed by atoms with Crippen molar-refractivity contribution in [2.75, 3.05) is 32.0 Å². The lowest BCUT2D eigenvalue weighted by Crippen LogP contribution is -2.47.